The molecule has 0 aromatic carbocycles. The molecule has 20 heavy (non-hydrogen) atoms. The lowest BCUT2D eigenvalue weighted by molar-refractivity contribution is -0.415. The quantitative estimate of drug-likeness (QED) is 0.659. The zero-order valence-electron chi connectivity index (χ0n) is 8.73. The fraction of sp³-hybridized carbons (Fsp3) is 1.00. The molecular formula is C7H3F12O. The minimum atomic E-state index is -7.60. The Morgan fingerprint density at radius 3 is 1.25 bits per heavy atom. The highest BCUT2D eigenvalue weighted by Crippen LogP contribution is 2.57. The minimum absolute atomic E-state index is 3.36. The van der Waals surface area contributed by atoms with Gasteiger partial charge in [-0.05, 0) is 0 Å². The Labute approximate surface area is 102 Å². The lowest BCUT2D eigenvalue weighted by Crippen LogP contribution is -2.69. The topological polar surface area (TPSA) is 19.9 Å². The van der Waals surface area contributed by atoms with E-state index >= 15 is 0 Å². The van der Waals surface area contributed by atoms with E-state index < -0.39 is 42.6 Å². The van der Waals surface area contributed by atoms with E-state index in [1.54, 1.807) is 0 Å². The fourth-order valence-corrected chi connectivity index (χ4v) is 0.864. The summed E-state index contributed by atoms with van der Waals surface area (Å²) in [6, 6.07) is 0. The van der Waals surface area contributed by atoms with Gasteiger partial charge in [-0.3, -0.25) is 0 Å². The zero-order chi connectivity index (χ0) is 16.8. The van der Waals surface area contributed by atoms with Crippen LogP contribution in [0.4, 0.5) is 52.7 Å². The molecule has 0 aromatic rings. The van der Waals surface area contributed by atoms with Gasteiger partial charge < -0.3 is 0 Å². The molecule has 0 spiro atoms. The van der Waals surface area contributed by atoms with Crippen LogP contribution in [0.3, 0.4) is 0 Å². The van der Waals surface area contributed by atoms with Crippen LogP contribution >= 0.6 is 0 Å². The summed E-state index contributed by atoms with van der Waals surface area (Å²) in [4.78, 5) is 0. The summed E-state index contributed by atoms with van der Waals surface area (Å²) < 4.78 is 147. The molecule has 0 aliphatic rings. The van der Waals surface area contributed by atoms with Gasteiger partial charge >= 0.3 is 36.0 Å². The molecule has 121 valence electrons. The van der Waals surface area contributed by atoms with Crippen molar-refractivity contribution in [2.75, 3.05) is 6.61 Å². The molecule has 0 atom stereocenters. The number of halogens is 12. The minimum Gasteiger partial charge on any atom is -0.230 e. The maximum absolute atomic E-state index is 12.6. The highest BCUT2D eigenvalue weighted by atomic mass is 19.4. The zero-order valence-corrected chi connectivity index (χ0v) is 8.73. The monoisotopic (exact) mass is 331 g/mol. The van der Waals surface area contributed by atoms with Gasteiger partial charge in [0.15, 0.2) is 6.61 Å². The van der Waals surface area contributed by atoms with Crippen molar-refractivity contribution in [3.63, 3.8) is 0 Å². The van der Waals surface area contributed by atoms with Gasteiger partial charge in [0.05, 0.1) is 0 Å². The van der Waals surface area contributed by atoms with Crippen molar-refractivity contribution < 1.29 is 57.8 Å². The largest absolute Gasteiger partial charge is 0.384 e. The van der Waals surface area contributed by atoms with Gasteiger partial charge in [-0.2, -0.15) is 43.9 Å². The molecular weight excluding hydrogens is 328 g/mol. The van der Waals surface area contributed by atoms with Crippen LogP contribution in [0, 0.1) is 0 Å². The molecule has 1 nitrogen and oxygen atoms in total. The Morgan fingerprint density at radius 2 is 1.00 bits per heavy atom. The first-order chi connectivity index (χ1) is 8.50. The Hall–Kier alpha value is -0.880. The van der Waals surface area contributed by atoms with Crippen molar-refractivity contribution >= 4 is 0 Å². The van der Waals surface area contributed by atoms with E-state index in [9.17, 15) is 57.8 Å². The van der Waals surface area contributed by atoms with Crippen LogP contribution in [0.5, 0.6) is 0 Å². The molecule has 0 aliphatic heterocycles. The second kappa shape index (κ2) is 4.84. The third-order valence-electron chi connectivity index (χ3n) is 2.12. The van der Waals surface area contributed by atoms with E-state index in [4.69, 9.17) is 0 Å². The smallest absolute Gasteiger partial charge is 0.230 e. The van der Waals surface area contributed by atoms with E-state index in [0.29, 0.717) is 0 Å². The number of rotatable bonds is 6. The molecule has 0 heterocycles. The Bertz CT molecular complexity index is 348. The Balaban J connectivity index is 5.98. The molecule has 0 aliphatic carbocycles. The molecule has 0 bridgehead atoms. The van der Waals surface area contributed by atoms with Gasteiger partial charge in [-0.25, -0.2) is 13.9 Å². The summed E-state index contributed by atoms with van der Waals surface area (Å²) in [5.74, 6) is -35.8. The molecule has 0 unspecified atom stereocenters. The van der Waals surface area contributed by atoms with Crippen LogP contribution in [0.15, 0.2) is 0 Å². The maximum Gasteiger partial charge on any atom is 0.384 e. The summed E-state index contributed by atoms with van der Waals surface area (Å²) in [6.07, 6.45) is -5.54. The third kappa shape index (κ3) is 2.29. The normalized spacial score (nSPS) is 15.9. The van der Waals surface area contributed by atoms with Crippen molar-refractivity contribution in [2.45, 2.75) is 36.0 Å². The van der Waals surface area contributed by atoms with Crippen LogP contribution in [-0.2, 0) is 5.11 Å². The van der Waals surface area contributed by atoms with Crippen molar-refractivity contribution in [3.05, 3.63) is 0 Å². The van der Waals surface area contributed by atoms with Crippen molar-refractivity contribution in [2.24, 2.45) is 0 Å². The van der Waals surface area contributed by atoms with Gasteiger partial charge in [0.25, 0.3) is 0 Å². The van der Waals surface area contributed by atoms with Gasteiger partial charge in [0, 0.05) is 0 Å². The van der Waals surface area contributed by atoms with Crippen molar-refractivity contribution in [1.82, 2.24) is 0 Å². The summed E-state index contributed by atoms with van der Waals surface area (Å²) in [7, 11) is 0. The van der Waals surface area contributed by atoms with E-state index in [0.717, 1.165) is 0 Å². The van der Waals surface area contributed by atoms with Crippen LogP contribution in [0.25, 0.3) is 0 Å². The second-order valence-electron chi connectivity index (χ2n) is 3.50. The first-order valence-corrected chi connectivity index (χ1v) is 4.26. The van der Waals surface area contributed by atoms with Gasteiger partial charge in [-0.15, -0.1) is 0 Å². The van der Waals surface area contributed by atoms with Crippen LogP contribution < -0.4 is 0 Å². The lowest BCUT2D eigenvalue weighted by Gasteiger charge is -2.38. The molecule has 0 amide bonds. The van der Waals surface area contributed by atoms with E-state index in [2.05, 4.69) is 0 Å². The molecule has 1 radical (unpaired) electrons. The lowest BCUT2D eigenvalue weighted by atomic mass is 9.95. The first kappa shape index (κ1) is 19.1. The van der Waals surface area contributed by atoms with Crippen molar-refractivity contribution in [3.8, 4) is 0 Å². The third-order valence-corrected chi connectivity index (χ3v) is 2.12. The van der Waals surface area contributed by atoms with Gasteiger partial charge in [-0.1, -0.05) is 0 Å². The molecule has 0 saturated heterocycles. The highest BCUT2D eigenvalue weighted by Gasteiger charge is 2.87. The molecule has 0 rings (SSSR count). The molecule has 0 aromatic heterocycles. The van der Waals surface area contributed by atoms with Gasteiger partial charge in [0.1, 0.15) is 0 Å². The fourth-order valence-electron chi connectivity index (χ4n) is 0.864. The predicted molar refractivity (Wildman–Crippen MR) is 36.3 cm³/mol. The predicted octanol–water partition coefficient (Wildman–Crippen LogP) is 3.86. The SMILES string of the molecule is [O]CC(F)(F)C(F)(F)C(F)(F)C(F)(F)C(F)(F)C(F)F. The Kier molecular flexibility index (Phi) is 4.63. The average Bonchev–Trinajstić information content (AvgIpc) is 2.27. The summed E-state index contributed by atoms with van der Waals surface area (Å²) in [5, 5.41) is 9.61. The van der Waals surface area contributed by atoms with E-state index in [1.165, 1.54) is 0 Å². The number of alkyl halides is 12. The summed E-state index contributed by atoms with van der Waals surface area (Å²) >= 11 is 0. The molecule has 0 fully saturated rings. The van der Waals surface area contributed by atoms with Crippen LogP contribution in [0.2, 0.25) is 0 Å². The average molecular weight is 331 g/mol. The molecule has 0 saturated carbocycles. The van der Waals surface area contributed by atoms with Crippen LogP contribution in [0.1, 0.15) is 0 Å². The second-order valence-corrected chi connectivity index (χ2v) is 3.50. The highest BCUT2D eigenvalue weighted by molar-refractivity contribution is 5.08. The molecule has 0 N–H and O–H groups in total. The van der Waals surface area contributed by atoms with Crippen molar-refractivity contribution in [1.29, 1.82) is 0 Å². The summed E-state index contributed by atoms with van der Waals surface area (Å²) in [6.45, 7) is -3.36. The van der Waals surface area contributed by atoms with Crippen LogP contribution in [-0.4, -0.2) is 42.6 Å². The van der Waals surface area contributed by atoms with E-state index in [-0.39, 0.29) is 0 Å². The van der Waals surface area contributed by atoms with E-state index in [1.807, 2.05) is 0 Å². The first-order valence-electron chi connectivity index (χ1n) is 4.26. The Morgan fingerprint density at radius 1 is 0.650 bits per heavy atom. The maximum atomic E-state index is 12.6. The standard InChI is InChI=1S/C7H3F12O/c8-2(9)4(12,13)6(16,17)7(18,19)5(14,15)3(10,11)1-20/h2H,1H2. The number of hydrogen-bond acceptors (Lipinski definition) is 0. The van der Waals surface area contributed by atoms with Gasteiger partial charge in [0.2, 0.25) is 0 Å². The molecule has 13 heteroatoms. The number of hydrogen-bond donors (Lipinski definition) is 0. The summed E-state index contributed by atoms with van der Waals surface area (Å²) in [5.41, 5.74) is 0.